The van der Waals surface area contributed by atoms with Gasteiger partial charge in [-0.1, -0.05) is 0 Å². The molecule has 0 spiro atoms. The number of hydrogen-bond acceptors (Lipinski definition) is 1. The van der Waals surface area contributed by atoms with Crippen LogP contribution in [-0.4, -0.2) is 24.5 Å². The standard InChI is InChI=1S/C3H6FO2/c4-1-3(6)2-5/h3,6H,1-2H2/t3-/m1/s1. The van der Waals surface area contributed by atoms with E-state index in [2.05, 4.69) is 0 Å². The minimum Gasteiger partial charge on any atom is -0.388 e. The molecule has 37 valence electrons. The topological polar surface area (TPSA) is 40.1 Å². The molecule has 0 fully saturated rings. The summed E-state index contributed by atoms with van der Waals surface area (Å²) in [6, 6.07) is 0. The predicted octanol–water partition coefficient (Wildman–Crippen LogP) is -0.253. The lowest BCUT2D eigenvalue weighted by Gasteiger charge is -1.92. The van der Waals surface area contributed by atoms with Crippen molar-refractivity contribution in [1.29, 1.82) is 0 Å². The van der Waals surface area contributed by atoms with Crippen LogP contribution in [0.5, 0.6) is 0 Å². The fourth-order valence-corrected chi connectivity index (χ4v) is 0.0445. The molecular weight excluding hydrogens is 87.0 g/mol. The van der Waals surface area contributed by atoms with Crippen molar-refractivity contribution in [3.05, 3.63) is 0 Å². The van der Waals surface area contributed by atoms with E-state index in [0.29, 0.717) is 0 Å². The summed E-state index contributed by atoms with van der Waals surface area (Å²) < 4.78 is 10.9. The Morgan fingerprint density at radius 2 is 2.33 bits per heavy atom. The molecule has 3 heteroatoms. The number of halogens is 1. The Hall–Kier alpha value is -0.150. The molecule has 2 nitrogen and oxygen atoms in total. The fourth-order valence-electron chi connectivity index (χ4n) is 0.0445. The lowest BCUT2D eigenvalue weighted by atomic mass is 10.4. The lowest BCUT2D eigenvalue weighted by Crippen LogP contribution is -2.12. The minimum atomic E-state index is -1.29. The number of alkyl halides is 1. The maximum Gasteiger partial charge on any atom is 0.118 e. The van der Waals surface area contributed by atoms with E-state index in [0.717, 1.165) is 0 Å². The van der Waals surface area contributed by atoms with Crippen LogP contribution in [0.15, 0.2) is 0 Å². The van der Waals surface area contributed by atoms with E-state index in [1.807, 2.05) is 0 Å². The molecule has 0 aromatic rings. The van der Waals surface area contributed by atoms with E-state index in [4.69, 9.17) is 5.11 Å². The van der Waals surface area contributed by atoms with Gasteiger partial charge >= 0.3 is 0 Å². The quantitative estimate of drug-likeness (QED) is 0.502. The van der Waals surface area contributed by atoms with Gasteiger partial charge in [0.15, 0.2) is 0 Å². The van der Waals surface area contributed by atoms with Gasteiger partial charge in [0.25, 0.3) is 0 Å². The Bertz CT molecular complexity index is 28.0. The van der Waals surface area contributed by atoms with Crippen molar-refractivity contribution in [3.63, 3.8) is 0 Å². The molecule has 0 aromatic heterocycles. The van der Waals surface area contributed by atoms with E-state index in [-0.39, 0.29) is 0 Å². The van der Waals surface area contributed by atoms with Gasteiger partial charge in [-0.15, -0.1) is 0 Å². The second-order valence-electron chi connectivity index (χ2n) is 0.975. The molecule has 6 heavy (non-hydrogen) atoms. The summed E-state index contributed by atoms with van der Waals surface area (Å²) in [5, 5.41) is 17.4. The van der Waals surface area contributed by atoms with Crippen molar-refractivity contribution in [1.82, 2.24) is 0 Å². The van der Waals surface area contributed by atoms with Crippen molar-refractivity contribution in [2.45, 2.75) is 6.10 Å². The summed E-state index contributed by atoms with van der Waals surface area (Å²) in [4.78, 5) is 0. The van der Waals surface area contributed by atoms with Crippen LogP contribution in [0.3, 0.4) is 0 Å². The summed E-state index contributed by atoms with van der Waals surface area (Å²) in [5.41, 5.74) is 0. The smallest absolute Gasteiger partial charge is 0.118 e. The van der Waals surface area contributed by atoms with Crippen molar-refractivity contribution in [3.8, 4) is 0 Å². The molecule has 0 aliphatic carbocycles. The van der Waals surface area contributed by atoms with Gasteiger partial charge in [-0.05, 0) is 0 Å². The normalized spacial score (nSPS) is 14.5. The fraction of sp³-hybridized carbons (Fsp3) is 1.00. The molecule has 1 radical (unpaired) electrons. The Morgan fingerprint density at radius 1 is 1.83 bits per heavy atom. The average Bonchev–Trinajstić information content (AvgIpc) is 1.65. The van der Waals surface area contributed by atoms with Gasteiger partial charge in [-0.2, -0.15) is 0 Å². The van der Waals surface area contributed by atoms with Crippen LogP contribution in [0, 0.1) is 0 Å². The molecule has 0 saturated carbocycles. The van der Waals surface area contributed by atoms with Crippen molar-refractivity contribution in [2.24, 2.45) is 0 Å². The second kappa shape index (κ2) is 3.06. The van der Waals surface area contributed by atoms with Crippen LogP contribution >= 0.6 is 0 Å². The summed E-state index contributed by atoms with van der Waals surface area (Å²) >= 11 is 0. The molecular formula is C3H6FO2. The lowest BCUT2D eigenvalue weighted by molar-refractivity contribution is 0.0395. The van der Waals surface area contributed by atoms with Crippen molar-refractivity contribution in [2.75, 3.05) is 13.3 Å². The average molecular weight is 93.1 g/mol. The van der Waals surface area contributed by atoms with Crippen LogP contribution < -0.4 is 0 Å². The first kappa shape index (κ1) is 5.85. The molecule has 0 amide bonds. The van der Waals surface area contributed by atoms with Gasteiger partial charge in [0, 0.05) is 0 Å². The summed E-state index contributed by atoms with van der Waals surface area (Å²) in [7, 11) is 0. The van der Waals surface area contributed by atoms with Crippen LogP contribution in [0.2, 0.25) is 0 Å². The Morgan fingerprint density at radius 3 is 2.33 bits per heavy atom. The Balaban J connectivity index is 2.75. The summed E-state index contributed by atoms with van der Waals surface area (Å²) in [5.74, 6) is 0. The van der Waals surface area contributed by atoms with E-state index in [1.54, 1.807) is 0 Å². The van der Waals surface area contributed by atoms with E-state index < -0.39 is 19.4 Å². The number of aliphatic hydroxyl groups excluding tert-OH is 1. The molecule has 0 unspecified atom stereocenters. The highest BCUT2D eigenvalue weighted by molar-refractivity contribution is 4.44. The van der Waals surface area contributed by atoms with E-state index >= 15 is 0 Å². The zero-order chi connectivity index (χ0) is 4.99. The zero-order valence-electron chi connectivity index (χ0n) is 3.22. The highest BCUT2D eigenvalue weighted by Gasteiger charge is 1.97. The maximum absolute atomic E-state index is 10.9. The molecule has 0 heterocycles. The molecule has 0 saturated heterocycles. The highest BCUT2D eigenvalue weighted by atomic mass is 19.1. The zero-order valence-corrected chi connectivity index (χ0v) is 3.22. The van der Waals surface area contributed by atoms with E-state index in [1.165, 1.54) is 0 Å². The Labute approximate surface area is 35.2 Å². The third kappa shape index (κ3) is 2.11. The monoisotopic (exact) mass is 93.0 g/mol. The number of rotatable bonds is 2. The van der Waals surface area contributed by atoms with Crippen LogP contribution in [0.4, 0.5) is 4.39 Å². The van der Waals surface area contributed by atoms with Gasteiger partial charge in [0.05, 0.1) is 0 Å². The minimum absolute atomic E-state index is 0.740. The summed E-state index contributed by atoms with van der Waals surface area (Å²) in [6.07, 6.45) is -1.29. The molecule has 0 bridgehead atoms. The van der Waals surface area contributed by atoms with Gasteiger partial charge in [-0.3, -0.25) is 0 Å². The molecule has 0 aliphatic rings. The first-order valence-electron chi connectivity index (χ1n) is 1.63. The molecule has 1 N–H and O–H groups in total. The third-order valence-electron chi connectivity index (χ3n) is 0.371. The van der Waals surface area contributed by atoms with Gasteiger partial charge in [-0.25, -0.2) is 9.50 Å². The molecule has 1 atom stereocenters. The highest BCUT2D eigenvalue weighted by Crippen LogP contribution is 1.78. The second-order valence-corrected chi connectivity index (χ2v) is 0.975. The Kier molecular flexibility index (Phi) is 2.98. The largest absolute Gasteiger partial charge is 0.388 e. The number of hydrogen-bond donors (Lipinski definition) is 1. The molecule has 0 rings (SSSR count). The first-order chi connectivity index (χ1) is 2.81. The number of aliphatic hydroxyl groups is 1. The predicted molar refractivity (Wildman–Crippen MR) is 17.5 cm³/mol. The molecule has 0 aliphatic heterocycles. The van der Waals surface area contributed by atoms with Crippen LogP contribution in [-0.2, 0) is 5.11 Å². The van der Waals surface area contributed by atoms with Gasteiger partial charge in [0.2, 0.25) is 0 Å². The summed E-state index contributed by atoms with van der Waals surface area (Å²) in [6.45, 7) is -1.67. The SMILES string of the molecule is [O]C[C@H](O)CF. The third-order valence-corrected chi connectivity index (χ3v) is 0.371. The van der Waals surface area contributed by atoms with Crippen LogP contribution in [0.25, 0.3) is 0 Å². The van der Waals surface area contributed by atoms with Gasteiger partial charge < -0.3 is 5.11 Å². The van der Waals surface area contributed by atoms with Crippen LogP contribution in [0.1, 0.15) is 0 Å². The van der Waals surface area contributed by atoms with Crippen molar-refractivity contribution < 1.29 is 14.6 Å². The molecule has 0 aromatic carbocycles. The maximum atomic E-state index is 10.9. The van der Waals surface area contributed by atoms with E-state index in [9.17, 15) is 9.50 Å². The van der Waals surface area contributed by atoms with Crippen molar-refractivity contribution >= 4 is 0 Å². The first-order valence-corrected chi connectivity index (χ1v) is 1.63. The van der Waals surface area contributed by atoms with Gasteiger partial charge in [0.1, 0.15) is 19.4 Å².